The molecule has 0 fully saturated rings. The number of carboxylic acid groups (broad SMARTS) is 1. The van der Waals surface area contributed by atoms with Crippen LogP contribution in [0.25, 0.3) is 4.91 Å². The van der Waals surface area contributed by atoms with Crippen molar-refractivity contribution >= 4 is 34.0 Å². The molecule has 0 spiro atoms. The molecule has 0 radical (unpaired) electrons. The summed E-state index contributed by atoms with van der Waals surface area (Å²) in [5, 5.41) is 20.0. The maximum atomic E-state index is 12.9. The van der Waals surface area contributed by atoms with Gasteiger partial charge in [0.15, 0.2) is 0 Å². The highest BCUT2D eigenvalue weighted by Gasteiger charge is 2.37. The first-order valence-corrected chi connectivity index (χ1v) is 5.61. The average Bonchev–Trinajstić information content (AvgIpc) is 2.69. The lowest BCUT2D eigenvalue weighted by Crippen LogP contribution is -2.25. The van der Waals surface area contributed by atoms with Crippen LogP contribution in [0.5, 0.6) is 0 Å². The SMILES string of the molecule is N#CSC(=CC(F)(F)C(=O)O)c1cccs1. The summed E-state index contributed by atoms with van der Waals surface area (Å²) in [6.07, 6.45) is 0.287. The van der Waals surface area contributed by atoms with Crippen molar-refractivity contribution in [3.05, 3.63) is 28.5 Å². The smallest absolute Gasteiger partial charge is 0.378 e. The topological polar surface area (TPSA) is 61.1 Å². The van der Waals surface area contributed by atoms with E-state index in [-0.39, 0.29) is 11.0 Å². The Morgan fingerprint density at radius 1 is 1.69 bits per heavy atom. The Balaban J connectivity index is 3.09. The number of carboxylic acids is 1. The number of aliphatic carboxylic acids is 1. The van der Waals surface area contributed by atoms with E-state index in [9.17, 15) is 13.6 Å². The molecule has 1 aromatic heterocycles. The van der Waals surface area contributed by atoms with E-state index in [0.717, 1.165) is 11.3 Å². The van der Waals surface area contributed by atoms with Crippen LogP contribution in [-0.2, 0) is 4.79 Å². The van der Waals surface area contributed by atoms with E-state index < -0.39 is 11.9 Å². The Morgan fingerprint density at radius 2 is 2.38 bits per heavy atom. The fourth-order valence-electron chi connectivity index (χ4n) is 0.845. The van der Waals surface area contributed by atoms with Crippen molar-refractivity contribution in [3.63, 3.8) is 0 Å². The molecule has 0 bridgehead atoms. The second-order valence-electron chi connectivity index (χ2n) is 2.61. The number of thioether (sulfide) groups is 1. The lowest BCUT2D eigenvalue weighted by Gasteiger charge is -2.07. The summed E-state index contributed by atoms with van der Waals surface area (Å²) >= 11 is 1.67. The summed E-state index contributed by atoms with van der Waals surface area (Å²) in [5.74, 6) is -6.21. The van der Waals surface area contributed by atoms with Crippen LogP contribution in [-0.4, -0.2) is 17.0 Å². The molecule has 0 aliphatic heterocycles. The maximum Gasteiger partial charge on any atom is 0.378 e. The number of hydrogen-bond acceptors (Lipinski definition) is 4. The maximum absolute atomic E-state index is 12.9. The van der Waals surface area contributed by atoms with E-state index in [4.69, 9.17) is 10.4 Å². The predicted octanol–water partition coefficient (Wildman–Crippen LogP) is 3.02. The van der Waals surface area contributed by atoms with Crippen LogP contribution < -0.4 is 0 Å². The second kappa shape index (κ2) is 5.09. The van der Waals surface area contributed by atoms with Gasteiger partial charge in [-0.1, -0.05) is 6.07 Å². The van der Waals surface area contributed by atoms with Crippen LogP contribution in [0, 0.1) is 10.7 Å². The molecule has 1 aromatic rings. The van der Waals surface area contributed by atoms with Crippen molar-refractivity contribution < 1.29 is 18.7 Å². The van der Waals surface area contributed by atoms with Crippen LogP contribution in [0.15, 0.2) is 23.6 Å². The monoisotopic (exact) mass is 261 g/mol. The van der Waals surface area contributed by atoms with E-state index in [1.54, 1.807) is 22.9 Å². The number of rotatable bonds is 4. The lowest BCUT2D eigenvalue weighted by molar-refractivity contribution is -0.157. The first-order valence-electron chi connectivity index (χ1n) is 3.91. The van der Waals surface area contributed by atoms with Crippen molar-refractivity contribution in [1.29, 1.82) is 5.26 Å². The van der Waals surface area contributed by atoms with E-state index in [0.29, 0.717) is 16.6 Å². The average molecular weight is 261 g/mol. The second-order valence-corrected chi connectivity index (χ2v) is 4.38. The molecule has 1 rings (SSSR count). The van der Waals surface area contributed by atoms with Crippen molar-refractivity contribution in [2.75, 3.05) is 0 Å². The zero-order chi connectivity index (χ0) is 12.2. The molecule has 16 heavy (non-hydrogen) atoms. The normalized spacial score (nSPS) is 12.2. The van der Waals surface area contributed by atoms with E-state index >= 15 is 0 Å². The highest BCUT2D eigenvalue weighted by Crippen LogP contribution is 2.33. The number of hydrogen-bond donors (Lipinski definition) is 1. The van der Waals surface area contributed by atoms with Crippen LogP contribution in [0.2, 0.25) is 0 Å². The molecule has 0 aromatic carbocycles. The number of thiophene rings is 1. The van der Waals surface area contributed by atoms with Crippen molar-refractivity contribution in [3.8, 4) is 5.40 Å². The van der Waals surface area contributed by atoms with Crippen molar-refractivity contribution in [2.24, 2.45) is 0 Å². The lowest BCUT2D eigenvalue weighted by atomic mass is 10.3. The quantitative estimate of drug-likeness (QED) is 0.846. The molecule has 1 heterocycles. The van der Waals surface area contributed by atoms with Gasteiger partial charge in [-0.05, 0) is 23.2 Å². The Kier molecular flexibility index (Phi) is 4.04. The molecule has 0 saturated carbocycles. The van der Waals surface area contributed by atoms with Gasteiger partial charge in [0.05, 0.1) is 0 Å². The summed E-state index contributed by atoms with van der Waals surface area (Å²) in [7, 11) is 0. The largest absolute Gasteiger partial charge is 0.477 e. The number of thiocyanates is 1. The fourth-order valence-corrected chi connectivity index (χ4v) is 2.22. The van der Waals surface area contributed by atoms with Gasteiger partial charge in [-0.15, -0.1) is 11.3 Å². The molecular weight excluding hydrogens is 256 g/mol. The fraction of sp³-hybridized carbons (Fsp3) is 0.111. The highest BCUT2D eigenvalue weighted by atomic mass is 32.2. The minimum absolute atomic E-state index is 0.0510. The summed E-state index contributed by atoms with van der Waals surface area (Å²) < 4.78 is 25.8. The molecule has 0 atom stereocenters. The zero-order valence-corrected chi connectivity index (χ0v) is 9.32. The molecule has 0 aliphatic rings. The van der Waals surface area contributed by atoms with E-state index in [1.165, 1.54) is 0 Å². The van der Waals surface area contributed by atoms with Gasteiger partial charge in [-0.3, -0.25) is 0 Å². The standard InChI is InChI=1S/C9H5F2NO2S2/c10-9(11,8(13)14)4-7(16-5-12)6-2-1-3-15-6/h1-4H,(H,13,14). The van der Waals surface area contributed by atoms with E-state index in [2.05, 4.69) is 0 Å². The van der Waals surface area contributed by atoms with Gasteiger partial charge >= 0.3 is 11.9 Å². The Labute approximate surface area is 98.0 Å². The third-order valence-electron chi connectivity index (χ3n) is 1.52. The van der Waals surface area contributed by atoms with Crippen LogP contribution in [0.1, 0.15) is 4.88 Å². The zero-order valence-electron chi connectivity index (χ0n) is 7.68. The van der Waals surface area contributed by atoms with Crippen LogP contribution in [0.4, 0.5) is 8.78 Å². The van der Waals surface area contributed by atoms with Gasteiger partial charge < -0.3 is 5.11 Å². The Morgan fingerprint density at radius 3 is 2.81 bits per heavy atom. The van der Waals surface area contributed by atoms with Crippen molar-refractivity contribution in [2.45, 2.75) is 5.92 Å². The Hall–Kier alpha value is -1.39. The molecule has 1 N–H and O–H groups in total. The van der Waals surface area contributed by atoms with Gasteiger partial charge in [0.25, 0.3) is 0 Å². The van der Waals surface area contributed by atoms with Crippen LogP contribution >= 0.6 is 23.1 Å². The third kappa shape index (κ3) is 3.05. The van der Waals surface area contributed by atoms with Crippen LogP contribution in [0.3, 0.4) is 0 Å². The first kappa shape index (κ1) is 12.7. The molecule has 84 valence electrons. The minimum atomic E-state index is -3.97. The predicted molar refractivity (Wildman–Crippen MR) is 58.1 cm³/mol. The number of carbonyl (C=O) groups is 1. The summed E-state index contributed by atoms with van der Waals surface area (Å²) in [6, 6.07) is 3.17. The summed E-state index contributed by atoms with van der Waals surface area (Å²) in [6.45, 7) is 0. The molecule has 3 nitrogen and oxygen atoms in total. The number of nitrogens with zero attached hydrogens (tertiary/aromatic N) is 1. The van der Waals surface area contributed by atoms with Gasteiger partial charge in [-0.2, -0.15) is 14.0 Å². The summed E-state index contributed by atoms with van der Waals surface area (Å²) in [4.78, 5) is 10.6. The Bertz CT molecular complexity index is 449. The molecule has 0 saturated heterocycles. The molecule has 0 unspecified atom stereocenters. The minimum Gasteiger partial charge on any atom is -0.477 e. The van der Waals surface area contributed by atoms with E-state index in [1.807, 2.05) is 0 Å². The first-order chi connectivity index (χ1) is 7.47. The molecule has 7 heteroatoms. The van der Waals surface area contributed by atoms with Crippen molar-refractivity contribution in [1.82, 2.24) is 0 Å². The number of halogens is 2. The van der Waals surface area contributed by atoms with Gasteiger partial charge in [0.2, 0.25) is 0 Å². The number of nitriles is 1. The van der Waals surface area contributed by atoms with Gasteiger partial charge in [0.1, 0.15) is 5.40 Å². The summed E-state index contributed by atoms with van der Waals surface area (Å²) in [5.41, 5.74) is 0. The van der Waals surface area contributed by atoms with Gasteiger partial charge in [0, 0.05) is 15.9 Å². The highest BCUT2D eigenvalue weighted by molar-refractivity contribution is 8.12. The molecule has 0 amide bonds. The van der Waals surface area contributed by atoms with Gasteiger partial charge in [-0.25, -0.2) is 4.79 Å². The molecular formula is C9H5F2NO2S2. The third-order valence-corrected chi connectivity index (χ3v) is 3.20. The molecule has 0 aliphatic carbocycles. The number of alkyl halides is 2.